The number of nitrogens with one attached hydrogen (secondary N) is 1. The van der Waals surface area contributed by atoms with Crippen LogP contribution < -0.4 is 19.5 Å². The standard InChI is InChI=1S/C32H37N3O4/c1-21-30(22(2)35(34-21)19-23-11-16-28(37-6)29(18-23)38-7)33-31(36)25-10-8-9-24(17-25)20-39-27-14-12-26(13-15-27)32(3,4)5/h8-18H,19-20H2,1-7H3,(H,33,36). The normalized spacial score (nSPS) is 11.3. The number of anilines is 1. The second-order valence-electron chi connectivity index (χ2n) is 10.6. The smallest absolute Gasteiger partial charge is 0.255 e. The Morgan fingerprint density at radius 1 is 0.897 bits per heavy atom. The molecule has 0 saturated carbocycles. The minimum absolute atomic E-state index is 0.0939. The Morgan fingerprint density at radius 2 is 1.62 bits per heavy atom. The molecule has 7 nitrogen and oxygen atoms in total. The second-order valence-corrected chi connectivity index (χ2v) is 10.6. The van der Waals surface area contributed by atoms with Gasteiger partial charge in [-0.3, -0.25) is 9.48 Å². The zero-order valence-electron chi connectivity index (χ0n) is 23.8. The molecule has 0 radical (unpaired) electrons. The molecule has 0 atom stereocenters. The maximum absolute atomic E-state index is 13.2. The van der Waals surface area contributed by atoms with Gasteiger partial charge in [0.2, 0.25) is 0 Å². The molecule has 0 bridgehead atoms. The molecule has 1 N–H and O–H groups in total. The van der Waals surface area contributed by atoms with Crippen molar-refractivity contribution in [1.29, 1.82) is 0 Å². The first kappa shape index (κ1) is 27.8. The number of hydrogen-bond acceptors (Lipinski definition) is 5. The Bertz CT molecular complexity index is 1450. The van der Waals surface area contributed by atoms with E-state index in [1.54, 1.807) is 20.3 Å². The second kappa shape index (κ2) is 11.6. The van der Waals surface area contributed by atoms with Crippen LogP contribution in [0.15, 0.2) is 66.7 Å². The predicted molar refractivity (Wildman–Crippen MR) is 154 cm³/mol. The lowest BCUT2D eigenvalue weighted by atomic mass is 9.87. The number of carbonyl (C=O) groups excluding carboxylic acids is 1. The number of methoxy groups -OCH3 is 2. The van der Waals surface area contributed by atoms with Gasteiger partial charge in [-0.1, -0.05) is 51.1 Å². The molecule has 4 rings (SSSR count). The SMILES string of the molecule is COc1ccc(Cn2nc(C)c(NC(=O)c3cccc(COc4ccc(C(C)(C)C)cc4)c3)c2C)cc1OC. The summed E-state index contributed by atoms with van der Waals surface area (Å²) < 4.78 is 18.6. The van der Waals surface area contributed by atoms with Gasteiger partial charge < -0.3 is 19.5 Å². The third kappa shape index (κ3) is 6.60. The van der Waals surface area contributed by atoms with Gasteiger partial charge in [0.15, 0.2) is 11.5 Å². The first-order chi connectivity index (χ1) is 18.6. The highest BCUT2D eigenvalue weighted by Crippen LogP contribution is 2.29. The minimum Gasteiger partial charge on any atom is -0.493 e. The largest absolute Gasteiger partial charge is 0.493 e. The van der Waals surface area contributed by atoms with E-state index in [1.807, 2.05) is 67.1 Å². The van der Waals surface area contributed by atoms with Crippen LogP contribution in [0.25, 0.3) is 0 Å². The molecule has 0 aliphatic heterocycles. The number of rotatable bonds is 9. The van der Waals surface area contributed by atoms with Crippen LogP contribution in [0.4, 0.5) is 5.69 Å². The van der Waals surface area contributed by atoms with E-state index < -0.39 is 0 Å². The molecule has 204 valence electrons. The van der Waals surface area contributed by atoms with Crippen molar-refractivity contribution in [3.63, 3.8) is 0 Å². The molecule has 0 fully saturated rings. The van der Waals surface area contributed by atoms with Gasteiger partial charge in [0.05, 0.1) is 37.8 Å². The van der Waals surface area contributed by atoms with Crippen LogP contribution in [0, 0.1) is 13.8 Å². The fourth-order valence-electron chi connectivity index (χ4n) is 4.39. The first-order valence-electron chi connectivity index (χ1n) is 13.0. The minimum atomic E-state index is -0.191. The molecular formula is C32H37N3O4. The lowest BCUT2D eigenvalue weighted by molar-refractivity contribution is 0.102. The van der Waals surface area contributed by atoms with Crippen LogP contribution in [-0.2, 0) is 18.6 Å². The summed E-state index contributed by atoms with van der Waals surface area (Å²) in [5.41, 5.74) is 6.17. The average Bonchev–Trinajstić information content (AvgIpc) is 3.18. The number of aromatic nitrogens is 2. The van der Waals surface area contributed by atoms with E-state index in [0.717, 1.165) is 28.3 Å². The highest BCUT2D eigenvalue weighted by atomic mass is 16.5. The Morgan fingerprint density at radius 3 is 2.28 bits per heavy atom. The van der Waals surface area contributed by atoms with Gasteiger partial charge in [-0.25, -0.2) is 0 Å². The Balaban J connectivity index is 1.43. The van der Waals surface area contributed by atoms with Crippen molar-refractivity contribution in [2.75, 3.05) is 19.5 Å². The van der Waals surface area contributed by atoms with Crippen molar-refractivity contribution in [2.45, 2.75) is 53.2 Å². The van der Waals surface area contributed by atoms with E-state index in [0.29, 0.717) is 35.9 Å². The molecule has 1 amide bonds. The van der Waals surface area contributed by atoms with Crippen LogP contribution in [0.3, 0.4) is 0 Å². The van der Waals surface area contributed by atoms with Crippen molar-refractivity contribution in [1.82, 2.24) is 9.78 Å². The van der Waals surface area contributed by atoms with Gasteiger partial charge in [0.1, 0.15) is 12.4 Å². The van der Waals surface area contributed by atoms with Crippen LogP contribution in [0.1, 0.15) is 59.2 Å². The number of amides is 1. The van der Waals surface area contributed by atoms with Gasteiger partial charge in [0.25, 0.3) is 5.91 Å². The number of nitrogens with zero attached hydrogens (tertiary/aromatic N) is 2. The summed E-state index contributed by atoms with van der Waals surface area (Å²) in [5.74, 6) is 1.94. The lowest BCUT2D eigenvalue weighted by Gasteiger charge is -2.19. The number of ether oxygens (including phenoxy) is 3. The summed E-state index contributed by atoms with van der Waals surface area (Å²) in [7, 11) is 3.23. The summed E-state index contributed by atoms with van der Waals surface area (Å²) in [6.45, 7) is 11.3. The van der Waals surface area contributed by atoms with Gasteiger partial charge >= 0.3 is 0 Å². The van der Waals surface area contributed by atoms with E-state index in [2.05, 4.69) is 43.3 Å². The first-order valence-corrected chi connectivity index (χ1v) is 13.0. The lowest BCUT2D eigenvalue weighted by Crippen LogP contribution is -2.14. The van der Waals surface area contributed by atoms with Crippen molar-refractivity contribution in [2.24, 2.45) is 0 Å². The van der Waals surface area contributed by atoms with Crippen molar-refractivity contribution in [3.05, 3.63) is 100 Å². The Labute approximate surface area is 230 Å². The molecule has 0 aliphatic carbocycles. The molecule has 0 spiro atoms. The molecule has 0 saturated heterocycles. The molecule has 0 aliphatic rings. The van der Waals surface area contributed by atoms with Gasteiger partial charge in [0, 0.05) is 5.56 Å². The van der Waals surface area contributed by atoms with Crippen LogP contribution in [0.2, 0.25) is 0 Å². The molecule has 4 aromatic rings. The van der Waals surface area contributed by atoms with Crippen molar-refractivity contribution in [3.8, 4) is 17.2 Å². The number of benzene rings is 3. The van der Waals surface area contributed by atoms with Crippen molar-refractivity contribution < 1.29 is 19.0 Å². The fraction of sp³-hybridized carbons (Fsp3) is 0.312. The topological polar surface area (TPSA) is 74.6 Å². The molecule has 39 heavy (non-hydrogen) atoms. The zero-order valence-corrected chi connectivity index (χ0v) is 23.8. The summed E-state index contributed by atoms with van der Waals surface area (Å²) in [5, 5.41) is 7.72. The number of carbonyl (C=O) groups is 1. The van der Waals surface area contributed by atoms with Gasteiger partial charge in [-0.15, -0.1) is 0 Å². The highest BCUT2D eigenvalue weighted by Gasteiger charge is 2.17. The van der Waals surface area contributed by atoms with Gasteiger partial charge in [-0.2, -0.15) is 5.10 Å². The molecule has 7 heteroatoms. The fourth-order valence-corrected chi connectivity index (χ4v) is 4.39. The van der Waals surface area contributed by atoms with E-state index in [1.165, 1.54) is 5.56 Å². The summed E-state index contributed by atoms with van der Waals surface area (Å²) in [6, 6.07) is 21.4. The van der Waals surface area contributed by atoms with E-state index in [-0.39, 0.29) is 11.3 Å². The van der Waals surface area contributed by atoms with E-state index in [4.69, 9.17) is 14.2 Å². The number of aryl methyl sites for hydroxylation is 1. The maximum Gasteiger partial charge on any atom is 0.255 e. The summed E-state index contributed by atoms with van der Waals surface area (Å²) in [6.07, 6.45) is 0. The average molecular weight is 528 g/mol. The number of hydrogen-bond donors (Lipinski definition) is 1. The molecule has 0 unspecified atom stereocenters. The Kier molecular flexibility index (Phi) is 8.29. The quantitative estimate of drug-likeness (QED) is 0.262. The van der Waals surface area contributed by atoms with E-state index in [9.17, 15) is 4.79 Å². The Hall–Kier alpha value is -4.26. The third-order valence-electron chi connectivity index (χ3n) is 6.72. The molecule has 3 aromatic carbocycles. The van der Waals surface area contributed by atoms with Gasteiger partial charge in [-0.05, 0) is 72.4 Å². The molecule has 1 aromatic heterocycles. The summed E-state index contributed by atoms with van der Waals surface area (Å²) in [4.78, 5) is 13.2. The van der Waals surface area contributed by atoms with Crippen molar-refractivity contribution >= 4 is 11.6 Å². The van der Waals surface area contributed by atoms with Crippen LogP contribution >= 0.6 is 0 Å². The third-order valence-corrected chi connectivity index (χ3v) is 6.72. The highest BCUT2D eigenvalue weighted by molar-refractivity contribution is 6.05. The maximum atomic E-state index is 13.2. The summed E-state index contributed by atoms with van der Waals surface area (Å²) >= 11 is 0. The van der Waals surface area contributed by atoms with E-state index >= 15 is 0 Å². The monoisotopic (exact) mass is 527 g/mol. The van der Waals surface area contributed by atoms with Crippen LogP contribution in [-0.4, -0.2) is 29.9 Å². The zero-order chi connectivity index (χ0) is 28.2. The predicted octanol–water partition coefficient (Wildman–Crippen LogP) is 6.69. The molecule has 1 heterocycles. The molecular weight excluding hydrogens is 490 g/mol. The van der Waals surface area contributed by atoms with Crippen LogP contribution in [0.5, 0.6) is 17.2 Å².